The van der Waals surface area contributed by atoms with Crippen LogP contribution in [-0.4, -0.2) is 36.5 Å². The lowest BCUT2D eigenvalue weighted by molar-refractivity contribution is -0.125. The van der Waals surface area contributed by atoms with Crippen LogP contribution in [0.1, 0.15) is 45.2 Å². The molecule has 1 fully saturated rings. The normalized spacial score (nSPS) is 20.7. The lowest BCUT2D eigenvalue weighted by Crippen LogP contribution is -2.45. The molecule has 3 N–H and O–H groups in total. The SMILES string of the molecule is CC1CCN(C(CNC(=O)C(C)C(C)N)c2ccccc2)CC1. The number of rotatable bonds is 6. The molecular weight excluding hydrogens is 286 g/mol. The zero-order chi connectivity index (χ0) is 16.8. The van der Waals surface area contributed by atoms with E-state index in [1.807, 2.05) is 19.9 Å². The van der Waals surface area contributed by atoms with E-state index in [2.05, 4.69) is 41.4 Å². The van der Waals surface area contributed by atoms with Gasteiger partial charge in [0.25, 0.3) is 0 Å². The summed E-state index contributed by atoms with van der Waals surface area (Å²) in [4.78, 5) is 14.8. The zero-order valence-corrected chi connectivity index (χ0v) is 14.7. The maximum Gasteiger partial charge on any atom is 0.224 e. The lowest BCUT2D eigenvalue weighted by atomic mass is 9.95. The number of piperidine rings is 1. The molecule has 1 saturated heterocycles. The van der Waals surface area contributed by atoms with Crippen molar-refractivity contribution in [1.29, 1.82) is 0 Å². The van der Waals surface area contributed by atoms with Crippen molar-refractivity contribution in [3.05, 3.63) is 35.9 Å². The molecule has 128 valence electrons. The highest BCUT2D eigenvalue weighted by molar-refractivity contribution is 5.78. The van der Waals surface area contributed by atoms with Gasteiger partial charge in [-0.2, -0.15) is 0 Å². The molecule has 2 rings (SSSR count). The molecule has 3 unspecified atom stereocenters. The Hall–Kier alpha value is -1.39. The third-order valence-corrected chi connectivity index (χ3v) is 5.12. The minimum atomic E-state index is -0.159. The molecule has 3 atom stereocenters. The Morgan fingerprint density at radius 1 is 1.26 bits per heavy atom. The van der Waals surface area contributed by atoms with E-state index < -0.39 is 0 Å². The Kier molecular flexibility index (Phi) is 6.60. The predicted octanol–water partition coefficient (Wildman–Crippen LogP) is 2.56. The molecule has 1 aromatic carbocycles. The highest BCUT2D eigenvalue weighted by Crippen LogP contribution is 2.26. The van der Waals surface area contributed by atoms with Gasteiger partial charge in [-0.25, -0.2) is 0 Å². The van der Waals surface area contributed by atoms with Crippen molar-refractivity contribution >= 4 is 5.91 Å². The van der Waals surface area contributed by atoms with Crippen LogP contribution in [0.2, 0.25) is 0 Å². The summed E-state index contributed by atoms with van der Waals surface area (Å²) in [6.45, 7) is 8.93. The van der Waals surface area contributed by atoms with Gasteiger partial charge in [0, 0.05) is 18.5 Å². The molecule has 0 saturated carbocycles. The van der Waals surface area contributed by atoms with Crippen LogP contribution in [0.4, 0.5) is 0 Å². The third-order valence-electron chi connectivity index (χ3n) is 5.12. The van der Waals surface area contributed by atoms with E-state index in [1.165, 1.54) is 18.4 Å². The van der Waals surface area contributed by atoms with Crippen molar-refractivity contribution in [2.24, 2.45) is 17.6 Å². The summed E-state index contributed by atoms with van der Waals surface area (Å²) in [6.07, 6.45) is 2.46. The van der Waals surface area contributed by atoms with Crippen molar-refractivity contribution < 1.29 is 4.79 Å². The molecule has 23 heavy (non-hydrogen) atoms. The molecule has 4 nitrogen and oxygen atoms in total. The summed E-state index contributed by atoms with van der Waals surface area (Å²) in [5.74, 6) is 0.689. The van der Waals surface area contributed by atoms with Crippen LogP contribution in [-0.2, 0) is 4.79 Å². The van der Waals surface area contributed by atoms with Crippen LogP contribution in [0.25, 0.3) is 0 Å². The van der Waals surface area contributed by atoms with Crippen LogP contribution in [0.5, 0.6) is 0 Å². The second kappa shape index (κ2) is 8.46. The molecule has 1 heterocycles. The minimum absolute atomic E-state index is 0.0475. The van der Waals surface area contributed by atoms with Crippen molar-refractivity contribution in [1.82, 2.24) is 10.2 Å². The standard InChI is InChI=1S/C19H31N3O/c1-14-9-11-22(12-10-14)18(17-7-5-4-6-8-17)13-21-19(23)15(2)16(3)20/h4-8,14-16,18H,9-13,20H2,1-3H3,(H,21,23). The first-order chi connectivity index (χ1) is 11.0. The van der Waals surface area contributed by atoms with E-state index in [1.54, 1.807) is 0 Å². The molecule has 0 radical (unpaired) electrons. The van der Waals surface area contributed by atoms with Gasteiger partial charge in [-0.3, -0.25) is 9.69 Å². The first-order valence-corrected chi connectivity index (χ1v) is 8.81. The first-order valence-electron chi connectivity index (χ1n) is 8.81. The van der Waals surface area contributed by atoms with Gasteiger partial charge in [-0.05, 0) is 44.3 Å². The number of hydrogen-bond acceptors (Lipinski definition) is 3. The Bertz CT molecular complexity index is 481. The second-order valence-electron chi connectivity index (χ2n) is 7.04. The van der Waals surface area contributed by atoms with Crippen molar-refractivity contribution in [3.63, 3.8) is 0 Å². The van der Waals surface area contributed by atoms with E-state index in [-0.39, 0.29) is 23.9 Å². The maximum atomic E-state index is 12.2. The molecule has 1 aromatic rings. The van der Waals surface area contributed by atoms with Gasteiger partial charge in [0.15, 0.2) is 0 Å². The Balaban J connectivity index is 2.04. The van der Waals surface area contributed by atoms with Gasteiger partial charge in [0.2, 0.25) is 5.91 Å². The number of carbonyl (C=O) groups excluding carboxylic acids is 1. The van der Waals surface area contributed by atoms with E-state index in [0.717, 1.165) is 19.0 Å². The summed E-state index contributed by atoms with van der Waals surface area (Å²) >= 11 is 0. The summed E-state index contributed by atoms with van der Waals surface area (Å²) in [6, 6.07) is 10.6. The quantitative estimate of drug-likeness (QED) is 0.848. The van der Waals surface area contributed by atoms with Gasteiger partial charge >= 0.3 is 0 Å². The van der Waals surface area contributed by atoms with Crippen LogP contribution >= 0.6 is 0 Å². The van der Waals surface area contributed by atoms with Crippen molar-refractivity contribution in [2.75, 3.05) is 19.6 Å². The topological polar surface area (TPSA) is 58.4 Å². The van der Waals surface area contributed by atoms with E-state index in [9.17, 15) is 4.79 Å². The van der Waals surface area contributed by atoms with Gasteiger partial charge in [0.1, 0.15) is 0 Å². The van der Waals surface area contributed by atoms with Gasteiger partial charge in [-0.1, -0.05) is 44.2 Å². The van der Waals surface area contributed by atoms with Crippen LogP contribution < -0.4 is 11.1 Å². The number of carbonyl (C=O) groups is 1. The Labute approximate surface area is 140 Å². The van der Waals surface area contributed by atoms with Crippen LogP contribution in [0.3, 0.4) is 0 Å². The number of hydrogen-bond donors (Lipinski definition) is 2. The highest BCUT2D eigenvalue weighted by atomic mass is 16.1. The Morgan fingerprint density at radius 3 is 2.43 bits per heavy atom. The van der Waals surface area contributed by atoms with E-state index in [0.29, 0.717) is 6.54 Å². The molecule has 0 aliphatic carbocycles. The Morgan fingerprint density at radius 2 is 1.87 bits per heavy atom. The third kappa shape index (κ3) is 5.05. The van der Waals surface area contributed by atoms with Crippen LogP contribution in [0, 0.1) is 11.8 Å². The molecule has 4 heteroatoms. The number of benzene rings is 1. The molecule has 1 amide bonds. The number of nitrogens with zero attached hydrogens (tertiary/aromatic N) is 1. The predicted molar refractivity (Wildman–Crippen MR) is 95.0 cm³/mol. The summed E-state index contributed by atoms with van der Waals surface area (Å²) in [7, 11) is 0. The molecule has 1 aliphatic rings. The largest absolute Gasteiger partial charge is 0.354 e. The number of nitrogens with two attached hydrogens (primary N) is 1. The first kappa shape index (κ1) is 18.0. The van der Waals surface area contributed by atoms with Gasteiger partial charge < -0.3 is 11.1 Å². The number of likely N-dealkylation sites (tertiary alicyclic amines) is 1. The molecule has 0 spiro atoms. The highest BCUT2D eigenvalue weighted by Gasteiger charge is 2.26. The monoisotopic (exact) mass is 317 g/mol. The fourth-order valence-corrected chi connectivity index (χ4v) is 3.07. The van der Waals surface area contributed by atoms with E-state index in [4.69, 9.17) is 5.73 Å². The maximum absolute atomic E-state index is 12.2. The van der Waals surface area contributed by atoms with Crippen molar-refractivity contribution in [3.8, 4) is 0 Å². The zero-order valence-electron chi connectivity index (χ0n) is 14.7. The number of amides is 1. The molecule has 0 aromatic heterocycles. The average Bonchev–Trinajstić information content (AvgIpc) is 2.56. The number of nitrogens with one attached hydrogen (secondary N) is 1. The molecular formula is C19H31N3O. The van der Waals surface area contributed by atoms with Crippen molar-refractivity contribution in [2.45, 2.75) is 45.7 Å². The summed E-state index contributed by atoms with van der Waals surface area (Å²) < 4.78 is 0. The smallest absolute Gasteiger partial charge is 0.224 e. The van der Waals surface area contributed by atoms with Gasteiger partial charge in [0.05, 0.1) is 6.04 Å². The molecule has 1 aliphatic heterocycles. The minimum Gasteiger partial charge on any atom is -0.354 e. The fourth-order valence-electron chi connectivity index (χ4n) is 3.07. The second-order valence-corrected chi connectivity index (χ2v) is 7.04. The summed E-state index contributed by atoms with van der Waals surface area (Å²) in [5.41, 5.74) is 7.12. The summed E-state index contributed by atoms with van der Waals surface area (Å²) in [5, 5.41) is 3.11. The molecule has 0 bridgehead atoms. The fraction of sp³-hybridized carbons (Fsp3) is 0.632. The van der Waals surface area contributed by atoms with E-state index >= 15 is 0 Å². The van der Waals surface area contributed by atoms with Gasteiger partial charge in [-0.15, -0.1) is 0 Å². The average molecular weight is 317 g/mol. The van der Waals surface area contributed by atoms with Crippen LogP contribution in [0.15, 0.2) is 30.3 Å². The lowest BCUT2D eigenvalue weighted by Gasteiger charge is -2.37.